The molecule has 6 heteroatoms. The lowest BCUT2D eigenvalue weighted by Crippen LogP contribution is -2.16. The van der Waals surface area contributed by atoms with E-state index in [1.54, 1.807) is 14.0 Å². The lowest BCUT2D eigenvalue weighted by Gasteiger charge is -2.15. The molecule has 0 aliphatic rings. The SMILES string of the molecule is CCOC(=O)c1sc(NC(CC)CC)c(OC)c1N. The highest BCUT2D eigenvalue weighted by Gasteiger charge is 2.23. The van der Waals surface area contributed by atoms with Crippen molar-refractivity contribution in [1.82, 2.24) is 0 Å². The first-order valence-electron chi connectivity index (χ1n) is 6.48. The van der Waals surface area contributed by atoms with Crippen LogP contribution in [0.3, 0.4) is 0 Å². The summed E-state index contributed by atoms with van der Waals surface area (Å²) in [5.41, 5.74) is 6.30. The molecule has 0 atom stereocenters. The summed E-state index contributed by atoms with van der Waals surface area (Å²) < 4.78 is 10.3. The summed E-state index contributed by atoms with van der Waals surface area (Å²) in [5.74, 6) is 0.126. The van der Waals surface area contributed by atoms with Crippen molar-refractivity contribution in [1.29, 1.82) is 0 Å². The van der Waals surface area contributed by atoms with E-state index in [1.807, 2.05) is 0 Å². The molecule has 0 fully saturated rings. The molecule has 0 amide bonds. The predicted molar refractivity (Wildman–Crippen MR) is 79.2 cm³/mol. The molecule has 0 aliphatic heterocycles. The van der Waals surface area contributed by atoms with Crippen LogP contribution in [0.1, 0.15) is 43.3 Å². The molecule has 1 rings (SSSR count). The largest absolute Gasteiger partial charge is 0.492 e. The fourth-order valence-electron chi connectivity index (χ4n) is 1.75. The van der Waals surface area contributed by atoms with Gasteiger partial charge in [-0.1, -0.05) is 13.8 Å². The van der Waals surface area contributed by atoms with Crippen molar-refractivity contribution in [2.75, 3.05) is 24.8 Å². The third kappa shape index (κ3) is 3.53. The molecular weight excluding hydrogens is 264 g/mol. The van der Waals surface area contributed by atoms with E-state index in [2.05, 4.69) is 19.2 Å². The van der Waals surface area contributed by atoms with Crippen molar-refractivity contribution in [3.05, 3.63) is 4.88 Å². The molecule has 108 valence electrons. The Morgan fingerprint density at radius 3 is 2.47 bits per heavy atom. The Bertz CT molecular complexity index is 428. The van der Waals surface area contributed by atoms with Gasteiger partial charge >= 0.3 is 5.97 Å². The Hall–Kier alpha value is -1.43. The van der Waals surface area contributed by atoms with Gasteiger partial charge in [-0.25, -0.2) is 4.79 Å². The Morgan fingerprint density at radius 2 is 2.00 bits per heavy atom. The van der Waals surface area contributed by atoms with Gasteiger partial charge in [0.2, 0.25) is 0 Å². The van der Waals surface area contributed by atoms with Gasteiger partial charge in [0.25, 0.3) is 0 Å². The number of nitrogens with two attached hydrogens (primary N) is 1. The van der Waals surface area contributed by atoms with Crippen molar-refractivity contribution >= 4 is 28.0 Å². The quantitative estimate of drug-likeness (QED) is 0.753. The number of nitrogen functional groups attached to an aromatic ring is 1. The Morgan fingerprint density at radius 1 is 1.37 bits per heavy atom. The fraction of sp³-hybridized carbons (Fsp3) is 0.615. The van der Waals surface area contributed by atoms with Crippen molar-refractivity contribution in [3.8, 4) is 5.75 Å². The molecule has 0 saturated carbocycles. The average Bonchev–Trinajstić information content (AvgIpc) is 2.72. The van der Waals surface area contributed by atoms with Gasteiger partial charge in [-0.05, 0) is 19.8 Å². The molecule has 0 radical (unpaired) electrons. The number of hydrogen-bond donors (Lipinski definition) is 2. The second kappa shape index (κ2) is 7.23. The lowest BCUT2D eigenvalue weighted by molar-refractivity contribution is 0.0533. The Kier molecular flexibility index (Phi) is 5.95. The van der Waals surface area contributed by atoms with E-state index in [9.17, 15) is 4.79 Å². The molecular formula is C13H22N2O3S. The van der Waals surface area contributed by atoms with Gasteiger partial charge < -0.3 is 20.5 Å². The van der Waals surface area contributed by atoms with Crippen LogP contribution < -0.4 is 15.8 Å². The number of rotatable bonds is 7. The zero-order chi connectivity index (χ0) is 14.4. The third-order valence-corrected chi connectivity index (χ3v) is 3.98. The zero-order valence-electron chi connectivity index (χ0n) is 11.9. The van der Waals surface area contributed by atoms with E-state index in [0.29, 0.717) is 29.0 Å². The average molecular weight is 286 g/mol. The lowest BCUT2D eigenvalue weighted by atomic mass is 10.2. The normalized spacial score (nSPS) is 10.6. The minimum Gasteiger partial charge on any atom is -0.492 e. The first-order chi connectivity index (χ1) is 9.08. The van der Waals surface area contributed by atoms with Crippen LogP contribution in [0.5, 0.6) is 5.75 Å². The minimum absolute atomic E-state index is 0.327. The number of carbonyl (C=O) groups is 1. The van der Waals surface area contributed by atoms with E-state index < -0.39 is 5.97 Å². The van der Waals surface area contributed by atoms with E-state index in [0.717, 1.165) is 17.8 Å². The molecule has 0 bridgehead atoms. The molecule has 0 spiro atoms. The van der Waals surface area contributed by atoms with E-state index in [4.69, 9.17) is 15.2 Å². The molecule has 3 N–H and O–H groups in total. The maximum atomic E-state index is 11.8. The van der Waals surface area contributed by atoms with Crippen LogP contribution in [0.2, 0.25) is 0 Å². The van der Waals surface area contributed by atoms with Crippen LogP contribution in [0.4, 0.5) is 10.7 Å². The molecule has 1 aromatic heterocycles. The number of anilines is 2. The standard InChI is InChI=1S/C13H22N2O3S/c1-5-8(6-2)15-12-10(17-4)9(14)11(19-12)13(16)18-7-3/h8,15H,5-7,14H2,1-4H3. The van der Waals surface area contributed by atoms with E-state index in [1.165, 1.54) is 11.3 Å². The smallest absolute Gasteiger partial charge is 0.350 e. The summed E-state index contributed by atoms with van der Waals surface area (Å²) in [4.78, 5) is 12.2. The van der Waals surface area contributed by atoms with Gasteiger partial charge in [-0.15, -0.1) is 11.3 Å². The first kappa shape index (κ1) is 15.6. The maximum Gasteiger partial charge on any atom is 0.350 e. The number of hydrogen-bond acceptors (Lipinski definition) is 6. The highest BCUT2D eigenvalue weighted by molar-refractivity contribution is 7.19. The fourth-order valence-corrected chi connectivity index (χ4v) is 2.81. The highest BCUT2D eigenvalue weighted by Crippen LogP contribution is 2.43. The van der Waals surface area contributed by atoms with Gasteiger partial charge in [0.05, 0.1) is 13.7 Å². The second-order valence-electron chi connectivity index (χ2n) is 4.09. The van der Waals surface area contributed by atoms with Crippen molar-refractivity contribution in [2.24, 2.45) is 0 Å². The van der Waals surface area contributed by atoms with Gasteiger partial charge in [-0.2, -0.15) is 0 Å². The topological polar surface area (TPSA) is 73.6 Å². The van der Waals surface area contributed by atoms with E-state index >= 15 is 0 Å². The summed E-state index contributed by atoms with van der Waals surface area (Å²) in [5, 5.41) is 4.15. The third-order valence-electron chi connectivity index (χ3n) is 2.89. The number of nitrogens with one attached hydrogen (secondary N) is 1. The van der Waals surface area contributed by atoms with Gasteiger partial charge in [0, 0.05) is 6.04 Å². The van der Waals surface area contributed by atoms with Crippen LogP contribution >= 0.6 is 11.3 Å². The monoisotopic (exact) mass is 286 g/mol. The van der Waals surface area contributed by atoms with Crippen LogP contribution in [0.15, 0.2) is 0 Å². The van der Waals surface area contributed by atoms with Crippen LogP contribution in [-0.2, 0) is 4.74 Å². The van der Waals surface area contributed by atoms with Crippen molar-refractivity contribution in [2.45, 2.75) is 39.7 Å². The summed E-state index contributed by atoms with van der Waals surface area (Å²) in [6.45, 7) is 6.31. The Balaban J connectivity index is 3.04. The second-order valence-corrected chi connectivity index (χ2v) is 5.11. The first-order valence-corrected chi connectivity index (χ1v) is 7.30. The number of esters is 1. The number of ether oxygens (including phenoxy) is 2. The number of methoxy groups -OCH3 is 1. The predicted octanol–water partition coefficient (Wildman–Crippen LogP) is 3.12. The minimum atomic E-state index is -0.402. The Labute approximate surface area is 118 Å². The summed E-state index contributed by atoms with van der Waals surface area (Å²) in [7, 11) is 1.55. The van der Waals surface area contributed by atoms with Crippen molar-refractivity contribution < 1.29 is 14.3 Å². The molecule has 5 nitrogen and oxygen atoms in total. The van der Waals surface area contributed by atoms with Gasteiger partial charge in [0.15, 0.2) is 5.75 Å². The van der Waals surface area contributed by atoms with Crippen LogP contribution in [0.25, 0.3) is 0 Å². The molecule has 0 aromatic carbocycles. The molecule has 1 heterocycles. The zero-order valence-corrected chi connectivity index (χ0v) is 12.7. The molecule has 0 aliphatic carbocycles. The van der Waals surface area contributed by atoms with Crippen LogP contribution in [-0.4, -0.2) is 25.7 Å². The molecule has 0 unspecified atom stereocenters. The molecule has 1 aromatic rings. The number of thiophene rings is 1. The van der Waals surface area contributed by atoms with Gasteiger partial charge in [-0.3, -0.25) is 0 Å². The summed E-state index contributed by atoms with van der Waals surface area (Å²) >= 11 is 1.28. The summed E-state index contributed by atoms with van der Waals surface area (Å²) in [6.07, 6.45) is 1.98. The highest BCUT2D eigenvalue weighted by atomic mass is 32.1. The summed E-state index contributed by atoms with van der Waals surface area (Å²) in [6, 6.07) is 0.335. The van der Waals surface area contributed by atoms with Gasteiger partial charge in [0.1, 0.15) is 15.6 Å². The maximum absolute atomic E-state index is 11.8. The molecule has 0 saturated heterocycles. The van der Waals surface area contributed by atoms with Crippen LogP contribution in [0, 0.1) is 0 Å². The molecule has 19 heavy (non-hydrogen) atoms. The number of carbonyl (C=O) groups excluding carboxylic acids is 1. The van der Waals surface area contributed by atoms with Crippen molar-refractivity contribution in [3.63, 3.8) is 0 Å². The van der Waals surface area contributed by atoms with E-state index in [-0.39, 0.29) is 0 Å².